The van der Waals surface area contributed by atoms with Gasteiger partial charge in [-0.25, -0.2) is 24.0 Å². The average Bonchev–Trinajstić information content (AvgIpc) is 0.894. The molecule has 0 spiro atoms. The molecule has 0 bridgehead atoms. The fraction of sp³-hybridized carbons (Fsp3) is 0.389. The van der Waals surface area contributed by atoms with Gasteiger partial charge in [-0.2, -0.15) is 0 Å². The van der Waals surface area contributed by atoms with Crippen molar-refractivity contribution in [3.8, 4) is 60.2 Å². The topological polar surface area (TPSA) is 382 Å². The molecular formula is C72H93BrClN11O17. The van der Waals surface area contributed by atoms with Crippen molar-refractivity contribution >= 4 is 80.6 Å². The standard InChI is InChI=1S/C14H16N2O4.C11H12N2O2.C11H18N2.C10H18O5.C9H7ClN2O2.C8H13NO2.C6H4BrNO2.C3H5N/c1-14(2,3)20-13(17)15-10-4-5-11-6-8-12(9-7-11)16(18)19;1-12(2)9-3-4-10-5-7-11(8-6-10)13(14)15;1-13(2)9-3-4-10-5-7-11(12)8-6-10;1-9(2,3)14-7(11)13-8(12)15-10(4,5)6;10-11-7-1-2-8-3-5-9(6-4-8)12(13)14;1-5-6-9-7(10)11-8(2,3)4;7-5-1-3-6(4-2-5)8(9)10;1-2-3-4/h6-9H,10H2,1-3H3,(H,15,17);5-8H,9H2,1-2H3;5-8H,3-4,9,12H2,1-2H3;1-6H3;3-6,11H,7H2;1H,6H2,2-4H3,(H,9,10);1-4H;1H,3-4H2. The number of anilines is 1. The van der Waals surface area contributed by atoms with Gasteiger partial charge in [-0.3, -0.25) is 45.4 Å². The van der Waals surface area contributed by atoms with Gasteiger partial charge in [-0.15, -0.1) is 12.8 Å². The number of non-ortho nitro benzene ring substituents is 4. The minimum Gasteiger partial charge on any atom is -0.444 e. The first-order valence-corrected chi connectivity index (χ1v) is 31.7. The molecule has 102 heavy (non-hydrogen) atoms. The van der Waals surface area contributed by atoms with Crippen LogP contribution >= 0.6 is 27.7 Å². The maximum atomic E-state index is 11.3. The van der Waals surface area contributed by atoms with E-state index in [9.17, 15) is 59.6 Å². The van der Waals surface area contributed by atoms with E-state index in [-0.39, 0.29) is 35.8 Å². The number of ether oxygens (including phenoxy) is 5. The van der Waals surface area contributed by atoms with Gasteiger partial charge in [0.1, 0.15) is 22.4 Å². The Morgan fingerprint density at radius 2 is 0.824 bits per heavy atom. The van der Waals surface area contributed by atoms with Crippen LogP contribution in [0.15, 0.2) is 126 Å². The Morgan fingerprint density at radius 1 is 0.500 bits per heavy atom. The van der Waals surface area contributed by atoms with E-state index >= 15 is 0 Å². The summed E-state index contributed by atoms with van der Waals surface area (Å²) >= 11 is 8.36. The zero-order valence-electron chi connectivity index (χ0n) is 60.4. The number of halogens is 2. The lowest BCUT2D eigenvalue weighted by atomic mass is 10.1. The maximum absolute atomic E-state index is 11.3. The SMILES string of the molecule is C#CCN.C#CCNC(=O)OC(C)(C)C.CC(C)(C)OC(=O)NCC#Cc1ccc([N+](=O)[O-])cc1.CC(C)(C)OC(=O)OC(=O)OC(C)(C)C.CN(C)CC#Cc1ccc([N+](=O)[O-])cc1.CN(C)CCCc1ccc(N)cc1.O=[N+]([O-])c1ccc(Br)cc1.O=[N+]([O-])c1ccc(C#CCNCl)cc1. The number of carbonyl (C=O) groups is 4. The maximum Gasteiger partial charge on any atom is 0.519 e. The summed E-state index contributed by atoms with van der Waals surface area (Å²) in [4.78, 5) is 90.1. The fourth-order valence-corrected chi connectivity index (χ4v) is 6.28. The largest absolute Gasteiger partial charge is 0.519 e. The van der Waals surface area contributed by atoms with Gasteiger partial charge < -0.3 is 50.7 Å². The van der Waals surface area contributed by atoms with Crippen LogP contribution in [-0.4, -0.2) is 144 Å². The van der Waals surface area contributed by atoms with Crippen LogP contribution in [0.1, 0.15) is 112 Å². The Morgan fingerprint density at radius 3 is 1.12 bits per heavy atom. The number of hydrogen-bond acceptors (Lipinski definition) is 22. The molecule has 0 heterocycles. The summed E-state index contributed by atoms with van der Waals surface area (Å²) in [7, 11) is 8.07. The normalized spacial score (nSPS) is 9.91. The Bertz CT molecular complexity index is 3630. The highest BCUT2D eigenvalue weighted by atomic mass is 79.9. The number of aryl methyl sites for hydroxylation is 1. The van der Waals surface area contributed by atoms with Crippen LogP contribution in [0.3, 0.4) is 0 Å². The van der Waals surface area contributed by atoms with Gasteiger partial charge in [0.25, 0.3) is 22.7 Å². The van der Waals surface area contributed by atoms with Crippen molar-refractivity contribution in [3.05, 3.63) is 189 Å². The number of nitrogen functional groups attached to an aromatic ring is 1. The van der Waals surface area contributed by atoms with Gasteiger partial charge >= 0.3 is 24.5 Å². The van der Waals surface area contributed by atoms with E-state index in [2.05, 4.69) is 121 Å². The molecule has 0 fully saturated rings. The summed E-state index contributed by atoms with van der Waals surface area (Å²) in [6.45, 7) is 23.6. The number of hydrogen-bond donors (Lipinski definition) is 5. The smallest absolute Gasteiger partial charge is 0.444 e. The lowest BCUT2D eigenvalue weighted by molar-refractivity contribution is -0.385. The molecule has 0 aromatic heterocycles. The molecule has 5 rings (SSSR count). The molecule has 2 amide bonds. The van der Waals surface area contributed by atoms with E-state index in [0.29, 0.717) is 25.2 Å². The number of amides is 2. The van der Waals surface area contributed by atoms with Crippen molar-refractivity contribution in [3.63, 3.8) is 0 Å². The first-order valence-electron chi connectivity index (χ1n) is 30.6. The highest BCUT2D eigenvalue weighted by molar-refractivity contribution is 9.10. The van der Waals surface area contributed by atoms with Crippen LogP contribution in [0.5, 0.6) is 0 Å². The zero-order valence-corrected chi connectivity index (χ0v) is 62.7. The summed E-state index contributed by atoms with van der Waals surface area (Å²) in [6, 6.07) is 32.4. The second kappa shape index (κ2) is 52.2. The number of nitrogens with one attached hydrogen (secondary N) is 3. The molecule has 0 aliphatic rings. The Labute approximate surface area is 611 Å². The molecule has 0 saturated heterocycles. The third-order valence-corrected chi connectivity index (χ3v) is 10.8. The molecule has 0 radical (unpaired) electrons. The number of nitro benzene ring substituents is 4. The van der Waals surface area contributed by atoms with Crippen LogP contribution in [0.4, 0.5) is 47.6 Å². The summed E-state index contributed by atoms with van der Waals surface area (Å²) in [5, 5.41) is 46.2. The van der Waals surface area contributed by atoms with Crippen LogP contribution in [0.2, 0.25) is 0 Å². The molecule has 5 aromatic carbocycles. The Kier molecular flexibility index (Phi) is 48.8. The quantitative estimate of drug-likeness (QED) is 0.0113. The predicted molar refractivity (Wildman–Crippen MR) is 400 cm³/mol. The number of benzene rings is 5. The van der Waals surface area contributed by atoms with Crippen molar-refractivity contribution in [2.45, 2.75) is 118 Å². The molecule has 0 unspecified atom stereocenters. The highest BCUT2D eigenvalue weighted by Gasteiger charge is 2.24. The first kappa shape index (κ1) is 95.4. The lowest BCUT2D eigenvalue weighted by Gasteiger charge is -2.20. The second-order valence-corrected chi connectivity index (χ2v) is 25.8. The molecule has 30 heteroatoms. The predicted octanol–water partition coefficient (Wildman–Crippen LogP) is 13.4. The van der Waals surface area contributed by atoms with Crippen LogP contribution < -0.4 is 26.9 Å². The molecular weight excluding hydrogens is 1410 g/mol. The van der Waals surface area contributed by atoms with E-state index in [1.165, 1.54) is 60.5 Å². The van der Waals surface area contributed by atoms with Crippen molar-refractivity contribution < 1.29 is 62.6 Å². The summed E-state index contributed by atoms with van der Waals surface area (Å²) < 4.78 is 24.6. The van der Waals surface area contributed by atoms with Gasteiger partial charge in [0.15, 0.2) is 0 Å². The number of alkyl carbamates (subject to hydrolysis) is 2. The molecule has 0 saturated carbocycles. The van der Waals surface area contributed by atoms with Crippen molar-refractivity contribution in [2.75, 3.05) is 73.2 Å². The molecule has 552 valence electrons. The van der Waals surface area contributed by atoms with Crippen molar-refractivity contribution in [2.24, 2.45) is 5.73 Å². The molecule has 0 aliphatic carbocycles. The first-order chi connectivity index (χ1) is 47.3. The number of nitro groups is 4. The van der Waals surface area contributed by atoms with Gasteiger partial charge in [0.05, 0.1) is 52.4 Å². The van der Waals surface area contributed by atoms with Crippen molar-refractivity contribution in [1.82, 2.24) is 25.3 Å². The van der Waals surface area contributed by atoms with Crippen LogP contribution in [0.25, 0.3) is 0 Å². The minimum atomic E-state index is -1.06. The molecule has 7 N–H and O–H groups in total. The Hall–Kier alpha value is -10.8. The number of terminal acetylenes is 2. The molecule has 5 aromatic rings. The summed E-state index contributed by atoms with van der Waals surface area (Å²) in [6.07, 6.45) is 8.79. The third kappa shape index (κ3) is 59.3. The lowest BCUT2D eigenvalue weighted by Crippen LogP contribution is -2.32. The van der Waals surface area contributed by atoms with Crippen LogP contribution in [-0.2, 0) is 30.1 Å². The highest BCUT2D eigenvalue weighted by Crippen LogP contribution is 2.17. The number of carbonyl (C=O) groups excluding carboxylic acids is 4. The van der Waals surface area contributed by atoms with Crippen molar-refractivity contribution in [1.29, 1.82) is 0 Å². The average molecular weight is 1500 g/mol. The van der Waals surface area contributed by atoms with Crippen LogP contribution in [0, 0.1) is 101 Å². The number of nitrogens with zero attached hydrogens (tertiary/aromatic N) is 6. The zero-order chi connectivity index (χ0) is 78.7. The minimum absolute atomic E-state index is 0.0161. The number of rotatable bonds is 12. The fourth-order valence-electron chi connectivity index (χ4n) is 5.95. The van der Waals surface area contributed by atoms with E-state index < -0.39 is 66.6 Å². The third-order valence-electron chi connectivity index (χ3n) is 10.1. The summed E-state index contributed by atoms with van der Waals surface area (Å²) in [5.74, 6) is 21.4. The van der Waals surface area contributed by atoms with Gasteiger partial charge in [-0.05, 0) is 209 Å². The monoisotopic (exact) mass is 1500 g/mol. The molecule has 0 atom stereocenters. The van der Waals surface area contributed by atoms with E-state index in [1.807, 2.05) is 31.1 Å². The number of nitrogens with two attached hydrogens (primary N) is 2. The summed E-state index contributed by atoms with van der Waals surface area (Å²) in [5.41, 5.74) is 12.6. The Balaban J connectivity index is -0.00000112. The second-order valence-electron chi connectivity index (χ2n) is 24.6. The van der Waals surface area contributed by atoms with Gasteiger partial charge in [0.2, 0.25) is 0 Å². The van der Waals surface area contributed by atoms with Gasteiger partial charge in [-0.1, -0.05) is 75.4 Å². The van der Waals surface area contributed by atoms with Gasteiger partial charge in [0, 0.05) is 75.4 Å². The van der Waals surface area contributed by atoms with E-state index in [4.69, 9.17) is 48.6 Å². The van der Waals surface area contributed by atoms with E-state index in [1.54, 1.807) is 132 Å². The van der Waals surface area contributed by atoms with E-state index in [0.717, 1.165) is 34.3 Å². The molecule has 0 aliphatic heterocycles. The molecule has 28 nitrogen and oxygen atoms in total.